The Labute approximate surface area is 106 Å². The molecule has 18 heavy (non-hydrogen) atoms. The number of aromatic nitrogens is 1. The molecule has 1 amide bonds. The average Bonchev–Trinajstić information content (AvgIpc) is 2.40. The number of carbonyl (C=O) groups is 1. The molecule has 0 saturated heterocycles. The van der Waals surface area contributed by atoms with Gasteiger partial charge in [0.05, 0.1) is 18.3 Å². The van der Waals surface area contributed by atoms with Gasteiger partial charge < -0.3 is 11.1 Å². The van der Waals surface area contributed by atoms with Gasteiger partial charge in [-0.1, -0.05) is 30.3 Å². The molecule has 0 aliphatic carbocycles. The van der Waals surface area contributed by atoms with Gasteiger partial charge >= 0.3 is 0 Å². The number of rotatable bonds is 4. The van der Waals surface area contributed by atoms with E-state index in [0.29, 0.717) is 12.2 Å². The van der Waals surface area contributed by atoms with Crippen LogP contribution in [0.15, 0.2) is 48.7 Å². The first-order valence-corrected chi connectivity index (χ1v) is 5.75. The third-order valence-electron chi connectivity index (χ3n) is 2.52. The zero-order valence-electron chi connectivity index (χ0n) is 9.97. The van der Waals surface area contributed by atoms with E-state index in [1.54, 1.807) is 18.3 Å². The van der Waals surface area contributed by atoms with Gasteiger partial charge in [-0.05, 0) is 17.7 Å². The molecule has 2 aromatic rings. The lowest BCUT2D eigenvalue weighted by Gasteiger charge is -2.05. The summed E-state index contributed by atoms with van der Waals surface area (Å²) in [6, 6.07) is 13.3. The van der Waals surface area contributed by atoms with E-state index < -0.39 is 0 Å². The fourth-order valence-corrected chi connectivity index (χ4v) is 1.56. The van der Waals surface area contributed by atoms with Crippen LogP contribution in [-0.4, -0.2) is 10.9 Å². The number of amides is 1. The lowest BCUT2D eigenvalue weighted by molar-refractivity contribution is -0.120. The zero-order valence-corrected chi connectivity index (χ0v) is 9.97. The van der Waals surface area contributed by atoms with Gasteiger partial charge in [0.2, 0.25) is 5.91 Å². The fraction of sp³-hybridized carbons (Fsp3) is 0.143. The SMILES string of the molecule is Nc1ccc(CC(=O)NCc2ccccc2)nc1. The predicted octanol–water partition coefficient (Wildman–Crippen LogP) is 1.52. The van der Waals surface area contributed by atoms with Gasteiger partial charge in [-0.15, -0.1) is 0 Å². The minimum Gasteiger partial charge on any atom is -0.397 e. The van der Waals surface area contributed by atoms with Crippen LogP contribution in [0.5, 0.6) is 0 Å². The number of benzene rings is 1. The molecule has 4 heteroatoms. The highest BCUT2D eigenvalue weighted by Gasteiger charge is 2.04. The molecule has 0 atom stereocenters. The lowest BCUT2D eigenvalue weighted by atomic mass is 10.2. The summed E-state index contributed by atoms with van der Waals surface area (Å²) in [5.74, 6) is -0.0453. The van der Waals surface area contributed by atoms with E-state index in [4.69, 9.17) is 5.73 Å². The van der Waals surface area contributed by atoms with Crippen molar-refractivity contribution in [2.75, 3.05) is 5.73 Å². The minimum absolute atomic E-state index is 0.0453. The zero-order chi connectivity index (χ0) is 12.8. The number of hydrogen-bond acceptors (Lipinski definition) is 3. The maximum absolute atomic E-state index is 11.7. The molecule has 4 nitrogen and oxygen atoms in total. The Hall–Kier alpha value is -2.36. The summed E-state index contributed by atoms with van der Waals surface area (Å²) in [5, 5.41) is 2.85. The number of nitrogens with one attached hydrogen (secondary N) is 1. The predicted molar refractivity (Wildman–Crippen MR) is 70.6 cm³/mol. The Kier molecular flexibility index (Phi) is 3.91. The Morgan fingerprint density at radius 3 is 2.61 bits per heavy atom. The number of carbonyl (C=O) groups excluding carboxylic acids is 1. The molecule has 0 bridgehead atoms. The molecule has 2 rings (SSSR count). The van der Waals surface area contributed by atoms with Crippen molar-refractivity contribution in [3.05, 3.63) is 59.9 Å². The van der Waals surface area contributed by atoms with Crippen molar-refractivity contribution in [1.29, 1.82) is 0 Å². The lowest BCUT2D eigenvalue weighted by Crippen LogP contribution is -2.24. The molecule has 0 unspecified atom stereocenters. The number of nitrogens with two attached hydrogens (primary N) is 1. The van der Waals surface area contributed by atoms with Crippen LogP contribution < -0.4 is 11.1 Å². The van der Waals surface area contributed by atoms with E-state index in [-0.39, 0.29) is 12.3 Å². The number of nitrogen functional groups attached to an aromatic ring is 1. The van der Waals surface area contributed by atoms with Gasteiger partial charge in [0.1, 0.15) is 0 Å². The third-order valence-corrected chi connectivity index (χ3v) is 2.52. The van der Waals surface area contributed by atoms with Crippen molar-refractivity contribution in [3.8, 4) is 0 Å². The van der Waals surface area contributed by atoms with Gasteiger partial charge in [-0.3, -0.25) is 9.78 Å². The monoisotopic (exact) mass is 241 g/mol. The third kappa shape index (κ3) is 3.59. The van der Waals surface area contributed by atoms with E-state index in [1.165, 1.54) is 0 Å². The molecule has 0 radical (unpaired) electrons. The molecule has 1 aromatic carbocycles. The quantitative estimate of drug-likeness (QED) is 0.852. The van der Waals surface area contributed by atoms with Crippen molar-refractivity contribution < 1.29 is 4.79 Å². The highest BCUT2D eigenvalue weighted by Crippen LogP contribution is 2.02. The maximum atomic E-state index is 11.7. The fourth-order valence-electron chi connectivity index (χ4n) is 1.56. The van der Waals surface area contributed by atoms with Gasteiger partial charge in [0.25, 0.3) is 0 Å². The van der Waals surface area contributed by atoms with Crippen LogP contribution in [0.4, 0.5) is 5.69 Å². The van der Waals surface area contributed by atoms with Gasteiger partial charge in [0.15, 0.2) is 0 Å². The van der Waals surface area contributed by atoms with Crippen molar-refractivity contribution >= 4 is 11.6 Å². The largest absolute Gasteiger partial charge is 0.397 e. The van der Waals surface area contributed by atoms with Crippen molar-refractivity contribution in [1.82, 2.24) is 10.3 Å². The second-order valence-electron chi connectivity index (χ2n) is 4.02. The molecule has 1 aromatic heterocycles. The topological polar surface area (TPSA) is 68.0 Å². The molecule has 0 aliphatic rings. The molecule has 1 heterocycles. The van der Waals surface area contributed by atoms with E-state index in [1.807, 2.05) is 30.3 Å². The Balaban J connectivity index is 1.84. The van der Waals surface area contributed by atoms with E-state index >= 15 is 0 Å². The van der Waals surface area contributed by atoms with Crippen LogP contribution >= 0.6 is 0 Å². The Morgan fingerprint density at radius 2 is 1.94 bits per heavy atom. The summed E-state index contributed by atoms with van der Waals surface area (Å²) >= 11 is 0. The van der Waals surface area contributed by atoms with E-state index in [9.17, 15) is 4.79 Å². The summed E-state index contributed by atoms with van der Waals surface area (Å²) in [7, 11) is 0. The minimum atomic E-state index is -0.0453. The Bertz CT molecular complexity index is 508. The standard InChI is InChI=1S/C14H15N3O/c15-12-6-7-13(16-10-12)8-14(18)17-9-11-4-2-1-3-5-11/h1-7,10H,8-9,15H2,(H,17,18). The highest BCUT2D eigenvalue weighted by atomic mass is 16.1. The molecular formula is C14H15N3O. The maximum Gasteiger partial charge on any atom is 0.226 e. The average molecular weight is 241 g/mol. The second-order valence-corrected chi connectivity index (χ2v) is 4.02. The summed E-state index contributed by atoms with van der Waals surface area (Å²) in [6.07, 6.45) is 1.83. The smallest absolute Gasteiger partial charge is 0.226 e. The van der Waals surface area contributed by atoms with Gasteiger partial charge in [-0.25, -0.2) is 0 Å². The summed E-state index contributed by atoms with van der Waals surface area (Å²) < 4.78 is 0. The molecule has 3 N–H and O–H groups in total. The first-order valence-electron chi connectivity index (χ1n) is 5.75. The first kappa shape index (κ1) is 12.1. The Morgan fingerprint density at radius 1 is 1.17 bits per heavy atom. The first-order chi connectivity index (χ1) is 8.74. The normalized spacial score (nSPS) is 10.0. The van der Waals surface area contributed by atoms with Crippen molar-refractivity contribution in [2.45, 2.75) is 13.0 Å². The summed E-state index contributed by atoms with van der Waals surface area (Å²) in [5.41, 5.74) is 7.93. The van der Waals surface area contributed by atoms with E-state index in [2.05, 4.69) is 10.3 Å². The van der Waals surface area contributed by atoms with Crippen LogP contribution in [0.25, 0.3) is 0 Å². The highest BCUT2D eigenvalue weighted by molar-refractivity contribution is 5.78. The summed E-state index contributed by atoms with van der Waals surface area (Å²) in [6.45, 7) is 0.536. The van der Waals surface area contributed by atoms with E-state index in [0.717, 1.165) is 11.3 Å². The summed E-state index contributed by atoms with van der Waals surface area (Å²) in [4.78, 5) is 15.8. The van der Waals surface area contributed by atoms with Gasteiger partial charge in [-0.2, -0.15) is 0 Å². The van der Waals surface area contributed by atoms with Crippen LogP contribution in [0, 0.1) is 0 Å². The van der Waals surface area contributed by atoms with Crippen LogP contribution in [-0.2, 0) is 17.8 Å². The molecule has 0 spiro atoms. The number of pyridine rings is 1. The second kappa shape index (κ2) is 5.82. The molecule has 0 fully saturated rings. The van der Waals surface area contributed by atoms with Crippen LogP contribution in [0.2, 0.25) is 0 Å². The van der Waals surface area contributed by atoms with Crippen LogP contribution in [0.3, 0.4) is 0 Å². The molecule has 0 aliphatic heterocycles. The van der Waals surface area contributed by atoms with Crippen molar-refractivity contribution in [2.24, 2.45) is 0 Å². The number of anilines is 1. The number of nitrogens with zero attached hydrogens (tertiary/aromatic N) is 1. The molecule has 0 saturated carbocycles. The number of hydrogen-bond donors (Lipinski definition) is 2. The van der Waals surface area contributed by atoms with Gasteiger partial charge in [0, 0.05) is 12.2 Å². The molecule has 92 valence electrons. The van der Waals surface area contributed by atoms with Crippen molar-refractivity contribution in [3.63, 3.8) is 0 Å². The van der Waals surface area contributed by atoms with Crippen LogP contribution in [0.1, 0.15) is 11.3 Å². The molecular weight excluding hydrogens is 226 g/mol.